The zero-order chi connectivity index (χ0) is 17.1. The average molecular weight is 341 g/mol. The number of pyridine rings is 1. The molecule has 0 unspecified atom stereocenters. The molecule has 3 rings (SSSR count). The first-order chi connectivity index (χ1) is 11.6. The molecule has 2 aromatic heterocycles. The van der Waals surface area contributed by atoms with Gasteiger partial charge in [-0.25, -0.2) is 4.98 Å². The van der Waals surface area contributed by atoms with Crippen LogP contribution in [0.1, 0.15) is 33.7 Å². The van der Waals surface area contributed by atoms with Crippen molar-refractivity contribution in [2.45, 2.75) is 26.7 Å². The fourth-order valence-corrected chi connectivity index (χ4v) is 3.40. The number of aromatic nitrogens is 2. The third-order valence-corrected chi connectivity index (χ3v) is 4.66. The van der Waals surface area contributed by atoms with Gasteiger partial charge in [0.05, 0.1) is 35.2 Å². The number of ether oxygens (including phenoxy) is 1. The number of anilines is 1. The highest BCUT2D eigenvalue weighted by molar-refractivity contribution is 7.13. The van der Waals surface area contributed by atoms with E-state index in [0.29, 0.717) is 10.6 Å². The summed E-state index contributed by atoms with van der Waals surface area (Å²) < 4.78 is 5.20. The Morgan fingerprint density at radius 3 is 2.92 bits per heavy atom. The Balaban J connectivity index is 1.85. The highest BCUT2D eigenvalue weighted by atomic mass is 32.1. The lowest BCUT2D eigenvalue weighted by atomic mass is 10.2. The molecule has 2 heterocycles. The maximum atomic E-state index is 12.6. The van der Waals surface area contributed by atoms with Gasteiger partial charge in [-0.15, -0.1) is 11.3 Å². The van der Waals surface area contributed by atoms with Crippen LogP contribution in [0.3, 0.4) is 0 Å². The Morgan fingerprint density at radius 2 is 2.17 bits per heavy atom. The van der Waals surface area contributed by atoms with Crippen LogP contribution >= 0.6 is 11.3 Å². The molecule has 1 aromatic carbocycles. The fraction of sp³-hybridized carbons (Fsp3) is 0.278. The van der Waals surface area contributed by atoms with E-state index >= 15 is 0 Å². The molecule has 5 nitrogen and oxygen atoms in total. The number of thiazole rings is 1. The summed E-state index contributed by atoms with van der Waals surface area (Å²) in [7, 11) is 1.63. The molecule has 0 saturated heterocycles. The first-order valence-corrected chi connectivity index (χ1v) is 8.63. The van der Waals surface area contributed by atoms with E-state index in [-0.39, 0.29) is 5.91 Å². The van der Waals surface area contributed by atoms with Gasteiger partial charge >= 0.3 is 0 Å². The third kappa shape index (κ3) is 3.38. The van der Waals surface area contributed by atoms with Gasteiger partial charge in [0.25, 0.3) is 5.91 Å². The Labute approximate surface area is 144 Å². The van der Waals surface area contributed by atoms with Crippen LogP contribution in [-0.4, -0.2) is 23.0 Å². The number of carbonyl (C=O) groups is 1. The summed E-state index contributed by atoms with van der Waals surface area (Å²) in [4.78, 5) is 22.1. The van der Waals surface area contributed by atoms with Crippen molar-refractivity contribution in [3.63, 3.8) is 0 Å². The van der Waals surface area contributed by atoms with Gasteiger partial charge in [0, 0.05) is 11.5 Å². The minimum absolute atomic E-state index is 0.126. The number of hydrogen-bond acceptors (Lipinski definition) is 5. The fourth-order valence-electron chi connectivity index (χ4n) is 2.54. The highest BCUT2D eigenvalue weighted by Crippen LogP contribution is 2.24. The number of benzene rings is 1. The predicted molar refractivity (Wildman–Crippen MR) is 97.1 cm³/mol. The number of rotatable bonds is 5. The van der Waals surface area contributed by atoms with Gasteiger partial charge in [-0.1, -0.05) is 13.3 Å². The van der Waals surface area contributed by atoms with Crippen molar-refractivity contribution in [2.24, 2.45) is 0 Å². The summed E-state index contributed by atoms with van der Waals surface area (Å²) in [5, 5.41) is 4.79. The van der Waals surface area contributed by atoms with Gasteiger partial charge in [0.2, 0.25) is 0 Å². The smallest absolute Gasteiger partial charge is 0.267 e. The van der Waals surface area contributed by atoms with Gasteiger partial charge < -0.3 is 10.1 Å². The lowest BCUT2D eigenvalue weighted by molar-refractivity contribution is 0.102. The summed E-state index contributed by atoms with van der Waals surface area (Å²) in [6, 6.07) is 7.58. The number of methoxy groups -OCH3 is 1. The predicted octanol–water partition coefficient (Wildman–Crippen LogP) is 4.21. The molecule has 0 aliphatic carbocycles. The summed E-state index contributed by atoms with van der Waals surface area (Å²) in [6.45, 7) is 4.00. The topological polar surface area (TPSA) is 64.1 Å². The molecule has 0 fully saturated rings. The van der Waals surface area contributed by atoms with E-state index < -0.39 is 0 Å². The van der Waals surface area contributed by atoms with E-state index in [1.165, 1.54) is 11.3 Å². The first kappa shape index (κ1) is 16.4. The number of carbonyl (C=O) groups excluding carboxylic acids is 1. The lowest BCUT2D eigenvalue weighted by Gasteiger charge is -2.07. The second-order valence-corrected chi connectivity index (χ2v) is 6.70. The van der Waals surface area contributed by atoms with Crippen LogP contribution in [0.25, 0.3) is 10.9 Å². The van der Waals surface area contributed by atoms with Crippen LogP contribution in [0.4, 0.5) is 5.69 Å². The Hall–Kier alpha value is -2.47. The second kappa shape index (κ2) is 6.97. The number of aryl methyl sites for hydroxylation is 2. The van der Waals surface area contributed by atoms with Crippen LogP contribution in [0.15, 0.2) is 30.5 Å². The van der Waals surface area contributed by atoms with E-state index in [1.807, 2.05) is 31.2 Å². The van der Waals surface area contributed by atoms with Crippen molar-refractivity contribution in [1.82, 2.24) is 9.97 Å². The zero-order valence-electron chi connectivity index (χ0n) is 13.9. The van der Waals surface area contributed by atoms with Gasteiger partial charge in [-0.3, -0.25) is 9.78 Å². The molecule has 1 amide bonds. The van der Waals surface area contributed by atoms with Crippen molar-refractivity contribution >= 4 is 33.8 Å². The molecule has 0 bridgehead atoms. The number of amides is 1. The molecule has 1 N–H and O–H groups in total. The molecular formula is C18H19N3O2S. The van der Waals surface area contributed by atoms with E-state index in [1.54, 1.807) is 13.3 Å². The molecule has 3 aromatic rings. The standard InChI is InChI=1S/C18H19N3O2S/c1-4-5-15-17(24-11(2)20-15)18(22)21-13-8-12-6-7-14(23-3)9-16(12)19-10-13/h6-10H,4-5H2,1-3H3,(H,21,22). The number of nitrogens with one attached hydrogen (secondary N) is 1. The van der Waals surface area contributed by atoms with Crippen LogP contribution in [0.2, 0.25) is 0 Å². The molecular weight excluding hydrogens is 322 g/mol. The molecule has 24 heavy (non-hydrogen) atoms. The van der Waals surface area contributed by atoms with Gasteiger partial charge in [0.15, 0.2) is 0 Å². The maximum Gasteiger partial charge on any atom is 0.267 e. The first-order valence-electron chi connectivity index (χ1n) is 7.82. The van der Waals surface area contributed by atoms with Crippen LogP contribution in [0, 0.1) is 6.92 Å². The van der Waals surface area contributed by atoms with E-state index in [0.717, 1.165) is 40.2 Å². The van der Waals surface area contributed by atoms with Gasteiger partial charge in [-0.05, 0) is 31.5 Å². The Morgan fingerprint density at radius 1 is 1.33 bits per heavy atom. The van der Waals surface area contributed by atoms with Crippen molar-refractivity contribution < 1.29 is 9.53 Å². The normalized spacial score (nSPS) is 10.8. The Kier molecular flexibility index (Phi) is 4.76. The molecule has 0 spiro atoms. The van der Waals surface area contributed by atoms with Gasteiger partial charge in [0.1, 0.15) is 10.6 Å². The Bertz CT molecular complexity index is 889. The molecule has 0 aliphatic rings. The average Bonchev–Trinajstić information content (AvgIpc) is 2.95. The minimum atomic E-state index is -0.126. The quantitative estimate of drug-likeness (QED) is 0.755. The highest BCUT2D eigenvalue weighted by Gasteiger charge is 2.16. The molecule has 0 aliphatic heterocycles. The molecule has 0 saturated carbocycles. The largest absolute Gasteiger partial charge is 0.497 e. The van der Waals surface area contributed by atoms with Crippen molar-refractivity contribution in [2.75, 3.05) is 12.4 Å². The number of hydrogen-bond donors (Lipinski definition) is 1. The van der Waals surface area contributed by atoms with E-state index in [2.05, 4.69) is 22.2 Å². The zero-order valence-corrected chi connectivity index (χ0v) is 14.7. The summed E-state index contributed by atoms with van der Waals surface area (Å²) >= 11 is 1.43. The SMILES string of the molecule is CCCc1nc(C)sc1C(=O)Nc1cnc2cc(OC)ccc2c1. The van der Waals surface area contributed by atoms with Crippen LogP contribution in [-0.2, 0) is 6.42 Å². The molecule has 0 atom stereocenters. The van der Waals surface area contributed by atoms with Crippen molar-refractivity contribution in [1.29, 1.82) is 0 Å². The van der Waals surface area contributed by atoms with Crippen molar-refractivity contribution in [3.8, 4) is 5.75 Å². The van der Waals surface area contributed by atoms with Gasteiger partial charge in [-0.2, -0.15) is 0 Å². The van der Waals surface area contributed by atoms with E-state index in [9.17, 15) is 4.79 Å². The van der Waals surface area contributed by atoms with Crippen LogP contribution in [0.5, 0.6) is 5.75 Å². The molecule has 0 radical (unpaired) electrons. The van der Waals surface area contributed by atoms with Crippen LogP contribution < -0.4 is 10.1 Å². The molecule has 124 valence electrons. The van der Waals surface area contributed by atoms with Crippen molar-refractivity contribution in [3.05, 3.63) is 46.0 Å². The summed E-state index contributed by atoms with van der Waals surface area (Å²) in [5.74, 6) is 0.634. The monoisotopic (exact) mass is 341 g/mol. The molecule has 6 heteroatoms. The third-order valence-electron chi connectivity index (χ3n) is 3.65. The summed E-state index contributed by atoms with van der Waals surface area (Å²) in [5.41, 5.74) is 2.37. The minimum Gasteiger partial charge on any atom is -0.497 e. The maximum absolute atomic E-state index is 12.6. The number of nitrogens with zero attached hydrogens (tertiary/aromatic N) is 2. The number of fused-ring (bicyclic) bond motifs is 1. The summed E-state index contributed by atoms with van der Waals surface area (Å²) in [6.07, 6.45) is 3.43. The second-order valence-electron chi connectivity index (χ2n) is 5.50. The lowest BCUT2D eigenvalue weighted by Crippen LogP contribution is -2.12. The van der Waals surface area contributed by atoms with E-state index in [4.69, 9.17) is 4.74 Å².